The first-order chi connectivity index (χ1) is 9.98. The van der Waals surface area contributed by atoms with Gasteiger partial charge in [-0.25, -0.2) is 8.42 Å². The van der Waals surface area contributed by atoms with E-state index >= 15 is 0 Å². The van der Waals surface area contributed by atoms with Gasteiger partial charge in [-0.1, -0.05) is 6.07 Å². The van der Waals surface area contributed by atoms with Crippen LogP contribution in [0, 0.1) is 11.3 Å². The average Bonchev–Trinajstić information content (AvgIpc) is 2.92. The van der Waals surface area contributed by atoms with Crippen molar-refractivity contribution in [3.63, 3.8) is 0 Å². The van der Waals surface area contributed by atoms with E-state index in [9.17, 15) is 8.42 Å². The molecule has 2 aromatic rings. The molecule has 0 saturated carbocycles. The van der Waals surface area contributed by atoms with Crippen molar-refractivity contribution in [3.05, 3.63) is 36.3 Å². The number of anilines is 2. The molecule has 0 bridgehead atoms. The lowest BCUT2D eigenvalue weighted by Gasteiger charge is -2.06. The summed E-state index contributed by atoms with van der Waals surface area (Å²) in [5, 5.41) is 24.9. The highest BCUT2D eigenvalue weighted by Gasteiger charge is 2.06. The zero-order valence-corrected chi connectivity index (χ0v) is 11.7. The number of tetrazole rings is 1. The quantitative estimate of drug-likeness (QED) is 0.686. The van der Waals surface area contributed by atoms with Crippen LogP contribution in [0.3, 0.4) is 0 Å². The van der Waals surface area contributed by atoms with E-state index in [-0.39, 0.29) is 11.4 Å². The van der Waals surface area contributed by atoms with Gasteiger partial charge in [-0.05, 0) is 23.4 Å². The van der Waals surface area contributed by atoms with Crippen molar-refractivity contribution in [1.82, 2.24) is 20.6 Å². The molecule has 0 atom stereocenters. The molecule has 0 amide bonds. The Morgan fingerprint density at radius 1 is 1.43 bits per heavy atom. The Morgan fingerprint density at radius 2 is 2.19 bits per heavy atom. The van der Waals surface area contributed by atoms with Crippen molar-refractivity contribution in [1.29, 1.82) is 5.26 Å². The molecule has 0 aliphatic rings. The number of allylic oxidation sites excluding steroid dienone is 1. The van der Waals surface area contributed by atoms with E-state index in [1.807, 2.05) is 6.07 Å². The second kappa shape index (κ2) is 6.02. The van der Waals surface area contributed by atoms with Crippen LogP contribution in [0.1, 0.15) is 5.82 Å². The van der Waals surface area contributed by atoms with Crippen LogP contribution in [0.25, 0.3) is 5.57 Å². The lowest BCUT2D eigenvalue weighted by molar-refractivity contribution is 0.607. The Hall–Kier alpha value is -2.93. The second-order valence-electron chi connectivity index (χ2n) is 4.00. The highest BCUT2D eigenvalue weighted by molar-refractivity contribution is 7.92. The fourth-order valence-electron chi connectivity index (χ4n) is 1.46. The fraction of sp³-hybridized carbons (Fsp3) is 0.0909. The van der Waals surface area contributed by atoms with Crippen molar-refractivity contribution in [3.8, 4) is 6.07 Å². The molecule has 3 N–H and O–H groups in total. The van der Waals surface area contributed by atoms with Crippen LogP contribution in [0.15, 0.2) is 30.5 Å². The zero-order valence-electron chi connectivity index (χ0n) is 10.9. The number of hydrogen-bond donors (Lipinski definition) is 3. The van der Waals surface area contributed by atoms with E-state index in [0.717, 1.165) is 6.26 Å². The van der Waals surface area contributed by atoms with Gasteiger partial charge >= 0.3 is 0 Å². The highest BCUT2D eigenvalue weighted by atomic mass is 32.2. The van der Waals surface area contributed by atoms with Crippen molar-refractivity contribution in [2.75, 3.05) is 16.3 Å². The molecule has 0 spiro atoms. The van der Waals surface area contributed by atoms with Gasteiger partial charge in [-0.15, -0.1) is 10.2 Å². The molecule has 0 radical (unpaired) electrons. The van der Waals surface area contributed by atoms with Gasteiger partial charge in [0.2, 0.25) is 15.8 Å². The minimum Gasteiger partial charge on any atom is -0.360 e. The summed E-state index contributed by atoms with van der Waals surface area (Å²) in [4.78, 5) is 0. The summed E-state index contributed by atoms with van der Waals surface area (Å²) < 4.78 is 24.7. The van der Waals surface area contributed by atoms with Gasteiger partial charge in [0.25, 0.3) is 0 Å². The average molecular weight is 305 g/mol. The SMILES string of the molecule is CS(=O)(=O)Nc1cccc(NC=C(C#N)c2nn[nH]n2)c1. The number of rotatable bonds is 5. The molecule has 21 heavy (non-hydrogen) atoms. The first-order valence-electron chi connectivity index (χ1n) is 5.66. The predicted octanol–water partition coefficient (Wildman–Crippen LogP) is 0.548. The first kappa shape index (κ1) is 14.5. The van der Waals surface area contributed by atoms with Gasteiger partial charge in [0.05, 0.1) is 11.9 Å². The van der Waals surface area contributed by atoms with Gasteiger partial charge in [-0.2, -0.15) is 10.5 Å². The molecule has 0 unspecified atom stereocenters. The van der Waals surface area contributed by atoms with Crippen molar-refractivity contribution < 1.29 is 8.42 Å². The van der Waals surface area contributed by atoms with E-state index in [2.05, 4.69) is 30.7 Å². The molecule has 0 saturated heterocycles. The Kier molecular flexibility index (Phi) is 4.15. The molecular formula is C11H11N7O2S. The maximum Gasteiger partial charge on any atom is 0.229 e. The normalized spacial score (nSPS) is 11.7. The number of benzene rings is 1. The molecule has 0 aliphatic heterocycles. The van der Waals surface area contributed by atoms with Crippen LogP contribution in [0.4, 0.5) is 11.4 Å². The molecule has 1 heterocycles. The molecule has 108 valence electrons. The standard InChI is InChI=1S/C11H11N7O2S/c1-21(19,20)16-10-4-2-3-9(5-10)13-7-8(6-12)11-14-17-18-15-11/h2-5,7,13,16H,1H3,(H,14,15,17,18). The number of H-pyrrole nitrogens is 1. The minimum atomic E-state index is -3.34. The van der Waals surface area contributed by atoms with Crippen LogP contribution in [0.2, 0.25) is 0 Å². The number of nitriles is 1. The third-order valence-electron chi connectivity index (χ3n) is 2.26. The summed E-state index contributed by atoms with van der Waals surface area (Å²) in [6.45, 7) is 0. The molecule has 0 fully saturated rings. The highest BCUT2D eigenvalue weighted by Crippen LogP contribution is 2.17. The lowest BCUT2D eigenvalue weighted by atomic mass is 10.2. The zero-order chi connectivity index (χ0) is 15.3. The molecule has 0 aliphatic carbocycles. The monoisotopic (exact) mass is 305 g/mol. The fourth-order valence-corrected chi connectivity index (χ4v) is 2.02. The van der Waals surface area contributed by atoms with Crippen molar-refractivity contribution in [2.24, 2.45) is 0 Å². The van der Waals surface area contributed by atoms with E-state index in [1.54, 1.807) is 24.3 Å². The number of nitrogens with zero attached hydrogens (tertiary/aromatic N) is 4. The van der Waals surface area contributed by atoms with E-state index < -0.39 is 10.0 Å². The molecule has 10 heteroatoms. The van der Waals surface area contributed by atoms with Crippen molar-refractivity contribution in [2.45, 2.75) is 0 Å². The number of hydrogen-bond acceptors (Lipinski definition) is 7. The van der Waals surface area contributed by atoms with Crippen LogP contribution in [-0.4, -0.2) is 35.3 Å². The van der Waals surface area contributed by atoms with Crippen LogP contribution in [0.5, 0.6) is 0 Å². The summed E-state index contributed by atoms with van der Waals surface area (Å²) in [6, 6.07) is 8.52. The number of nitrogens with one attached hydrogen (secondary N) is 3. The van der Waals surface area contributed by atoms with Gasteiger partial charge in [0, 0.05) is 11.9 Å². The smallest absolute Gasteiger partial charge is 0.229 e. The Bertz CT molecular complexity index is 790. The van der Waals surface area contributed by atoms with E-state index in [4.69, 9.17) is 5.26 Å². The van der Waals surface area contributed by atoms with E-state index in [1.165, 1.54) is 6.20 Å². The largest absolute Gasteiger partial charge is 0.360 e. The topological polar surface area (TPSA) is 136 Å². The number of aromatic nitrogens is 4. The number of aromatic amines is 1. The van der Waals surface area contributed by atoms with Crippen LogP contribution < -0.4 is 10.0 Å². The maximum absolute atomic E-state index is 11.2. The van der Waals surface area contributed by atoms with Gasteiger partial charge in [0.15, 0.2) is 0 Å². The lowest BCUT2D eigenvalue weighted by Crippen LogP contribution is -2.09. The molecule has 1 aromatic carbocycles. The Morgan fingerprint density at radius 3 is 2.81 bits per heavy atom. The summed E-state index contributed by atoms with van der Waals surface area (Å²) in [5.41, 5.74) is 1.19. The van der Waals surface area contributed by atoms with Crippen LogP contribution >= 0.6 is 0 Å². The number of sulfonamides is 1. The summed E-state index contributed by atoms with van der Waals surface area (Å²) in [7, 11) is -3.34. The van der Waals surface area contributed by atoms with Crippen molar-refractivity contribution >= 4 is 27.0 Å². The summed E-state index contributed by atoms with van der Waals surface area (Å²) in [6.07, 6.45) is 2.47. The van der Waals surface area contributed by atoms with Crippen LogP contribution in [-0.2, 0) is 10.0 Å². The molecule has 1 aromatic heterocycles. The third-order valence-corrected chi connectivity index (χ3v) is 2.86. The summed E-state index contributed by atoms with van der Waals surface area (Å²) in [5.74, 6) is 0.162. The molecule has 9 nitrogen and oxygen atoms in total. The van der Waals surface area contributed by atoms with Gasteiger partial charge in [-0.3, -0.25) is 4.72 Å². The van der Waals surface area contributed by atoms with Gasteiger partial charge in [0.1, 0.15) is 11.6 Å². The Balaban J connectivity index is 2.17. The molecule has 2 rings (SSSR count). The molecular weight excluding hydrogens is 294 g/mol. The first-order valence-corrected chi connectivity index (χ1v) is 7.55. The second-order valence-corrected chi connectivity index (χ2v) is 5.75. The van der Waals surface area contributed by atoms with E-state index in [0.29, 0.717) is 11.4 Å². The Labute approximate surface area is 120 Å². The summed E-state index contributed by atoms with van der Waals surface area (Å²) >= 11 is 0. The third kappa shape index (κ3) is 4.29. The predicted molar refractivity (Wildman–Crippen MR) is 76.3 cm³/mol. The minimum absolute atomic E-state index is 0.162. The maximum atomic E-state index is 11.2. The van der Waals surface area contributed by atoms with Gasteiger partial charge < -0.3 is 5.32 Å².